The molecular weight excluding hydrogens is 250 g/mol. The third-order valence-electron chi connectivity index (χ3n) is 2.27. The topological polar surface area (TPSA) is 86.5 Å². The molecule has 0 bridgehead atoms. The van der Waals surface area contributed by atoms with Crippen LogP contribution in [0.15, 0.2) is 35.9 Å². The molecule has 0 heterocycles. The summed E-state index contributed by atoms with van der Waals surface area (Å²) in [5.74, 6) is -1.72. The van der Waals surface area contributed by atoms with Crippen molar-refractivity contribution in [3.8, 4) is 0 Å². The van der Waals surface area contributed by atoms with Gasteiger partial charge < -0.3 is 0 Å². The first-order chi connectivity index (χ1) is 9.04. The second-order valence-electron chi connectivity index (χ2n) is 3.74. The molecular formula is C13H13NO5. The van der Waals surface area contributed by atoms with Gasteiger partial charge in [0.25, 0.3) is 0 Å². The summed E-state index contributed by atoms with van der Waals surface area (Å²) in [6, 6.07) is 8.59. The summed E-state index contributed by atoms with van der Waals surface area (Å²) in [5, 5.41) is 8.95. The quantitative estimate of drug-likeness (QED) is 0.258. The van der Waals surface area contributed by atoms with Crippen molar-refractivity contribution < 1.29 is 19.5 Å². The highest BCUT2D eigenvalue weighted by Gasteiger charge is 2.20. The van der Waals surface area contributed by atoms with Crippen LogP contribution in [0.3, 0.4) is 0 Å². The van der Waals surface area contributed by atoms with Crippen LogP contribution in [0.2, 0.25) is 0 Å². The lowest BCUT2D eigenvalue weighted by atomic mass is 10.0. The molecule has 19 heavy (non-hydrogen) atoms. The maximum Gasteiger partial charge on any atom is 0.337 e. The predicted molar refractivity (Wildman–Crippen MR) is 67.4 cm³/mol. The molecule has 6 heteroatoms. The minimum atomic E-state index is -1.24. The first kappa shape index (κ1) is 14.6. The highest BCUT2D eigenvalue weighted by molar-refractivity contribution is 6.20. The van der Waals surface area contributed by atoms with Crippen molar-refractivity contribution in [3.05, 3.63) is 51.6 Å². The van der Waals surface area contributed by atoms with Crippen LogP contribution >= 0.6 is 0 Å². The van der Waals surface area contributed by atoms with Crippen molar-refractivity contribution in [1.29, 1.82) is 0 Å². The lowest BCUT2D eigenvalue weighted by Crippen LogP contribution is -2.18. The third-order valence-corrected chi connectivity index (χ3v) is 2.27. The van der Waals surface area contributed by atoms with E-state index in [1.54, 1.807) is 37.3 Å². The van der Waals surface area contributed by atoms with E-state index in [9.17, 15) is 19.7 Å². The Morgan fingerprint density at radius 2 is 1.95 bits per heavy atom. The molecule has 0 saturated heterocycles. The number of carbonyl (C=O) groups is 2. The van der Waals surface area contributed by atoms with Crippen LogP contribution in [0.4, 0.5) is 0 Å². The second-order valence-corrected chi connectivity index (χ2v) is 3.74. The minimum absolute atomic E-state index is 0.130. The number of ketones is 1. The molecule has 0 aliphatic carbocycles. The van der Waals surface area contributed by atoms with E-state index >= 15 is 0 Å². The van der Waals surface area contributed by atoms with E-state index in [1.807, 2.05) is 0 Å². The van der Waals surface area contributed by atoms with Gasteiger partial charge in [-0.15, -0.1) is 10.1 Å². The molecule has 1 rings (SSSR count). The van der Waals surface area contributed by atoms with Gasteiger partial charge in [-0.25, -0.2) is 4.84 Å². The van der Waals surface area contributed by atoms with Crippen LogP contribution < -0.4 is 0 Å². The molecule has 0 aromatic heterocycles. The average Bonchev–Trinajstić information content (AvgIpc) is 2.36. The minimum Gasteiger partial charge on any atom is -0.294 e. The van der Waals surface area contributed by atoms with Gasteiger partial charge in [-0.05, 0) is 18.1 Å². The fraction of sp³-hybridized carbons (Fsp3) is 0.231. The van der Waals surface area contributed by atoms with Gasteiger partial charge in [0, 0.05) is 6.42 Å². The van der Waals surface area contributed by atoms with Crippen LogP contribution in [0.5, 0.6) is 0 Å². The molecule has 0 atom stereocenters. The molecule has 0 aliphatic heterocycles. The Kier molecular flexibility index (Phi) is 5.40. The van der Waals surface area contributed by atoms with E-state index in [4.69, 9.17) is 0 Å². The summed E-state index contributed by atoms with van der Waals surface area (Å²) in [4.78, 5) is 37.3. The molecule has 1 aromatic carbocycles. The number of hydrogen-bond acceptors (Lipinski definition) is 5. The Hall–Kier alpha value is -2.50. The summed E-state index contributed by atoms with van der Waals surface area (Å²) in [5.41, 5.74) is 0.284. The average molecular weight is 263 g/mol. The van der Waals surface area contributed by atoms with E-state index in [0.29, 0.717) is 12.0 Å². The van der Waals surface area contributed by atoms with Crippen LogP contribution in [-0.2, 0) is 14.4 Å². The summed E-state index contributed by atoms with van der Waals surface area (Å²) < 4.78 is 0. The Balaban J connectivity index is 3.05. The highest BCUT2D eigenvalue weighted by Crippen LogP contribution is 2.12. The van der Waals surface area contributed by atoms with Crippen LogP contribution in [0.1, 0.15) is 25.3 Å². The molecule has 0 fully saturated rings. The normalized spacial score (nSPS) is 10.9. The van der Waals surface area contributed by atoms with E-state index in [-0.39, 0.29) is 12.0 Å². The molecule has 0 N–H and O–H groups in total. The SMILES string of the molecule is CCCC(=O)C(=Cc1ccccc1)C(=O)O[N+](=O)[O-]. The number of rotatable bonds is 6. The van der Waals surface area contributed by atoms with Crippen molar-refractivity contribution in [2.75, 3.05) is 0 Å². The lowest BCUT2D eigenvalue weighted by Gasteiger charge is -2.03. The van der Waals surface area contributed by atoms with Crippen LogP contribution in [-0.4, -0.2) is 16.8 Å². The van der Waals surface area contributed by atoms with Gasteiger partial charge >= 0.3 is 11.1 Å². The smallest absolute Gasteiger partial charge is 0.294 e. The van der Waals surface area contributed by atoms with Crippen molar-refractivity contribution in [3.63, 3.8) is 0 Å². The standard InChI is InChI=1S/C13H13NO5/c1-2-6-12(15)11(13(16)19-14(17)18)9-10-7-4-3-5-8-10/h3-5,7-9H,2,6H2,1H3. The lowest BCUT2D eigenvalue weighted by molar-refractivity contribution is -0.728. The summed E-state index contributed by atoms with van der Waals surface area (Å²) in [7, 11) is 0. The summed E-state index contributed by atoms with van der Waals surface area (Å²) in [6.45, 7) is 1.77. The molecule has 100 valence electrons. The first-order valence-electron chi connectivity index (χ1n) is 5.71. The zero-order chi connectivity index (χ0) is 14.3. The van der Waals surface area contributed by atoms with Gasteiger partial charge in [0.2, 0.25) is 0 Å². The van der Waals surface area contributed by atoms with Gasteiger partial charge in [0.05, 0.1) is 5.57 Å². The zero-order valence-electron chi connectivity index (χ0n) is 10.4. The Morgan fingerprint density at radius 1 is 1.32 bits per heavy atom. The Bertz CT molecular complexity index is 507. The van der Waals surface area contributed by atoms with Gasteiger partial charge in [-0.1, -0.05) is 37.3 Å². The van der Waals surface area contributed by atoms with E-state index in [0.717, 1.165) is 0 Å². The third kappa shape index (κ3) is 4.71. The first-order valence-corrected chi connectivity index (χ1v) is 5.71. The maximum atomic E-state index is 11.8. The zero-order valence-corrected chi connectivity index (χ0v) is 10.4. The van der Waals surface area contributed by atoms with Crippen molar-refractivity contribution >= 4 is 17.8 Å². The molecule has 0 saturated carbocycles. The fourth-order valence-corrected chi connectivity index (χ4v) is 1.45. The predicted octanol–water partition coefficient (Wildman–Crippen LogP) is 2.17. The molecule has 0 radical (unpaired) electrons. The Labute approximate surface area is 109 Å². The van der Waals surface area contributed by atoms with E-state index < -0.39 is 16.8 Å². The maximum absolute atomic E-state index is 11.8. The molecule has 0 amide bonds. The van der Waals surface area contributed by atoms with Crippen molar-refractivity contribution in [2.45, 2.75) is 19.8 Å². The van der Waals surface area contributed by atoms with E-state index in [2.05, 4.69) is 4.84 Å². The van der Waals surface area contributed by atoms with Crippen molar-refractivity contribution in [1.82, 2.24) is 0 Å². The number of Topliss-reactive ketones (excluding diaryl/α,β-unsaturated/α-hetero) is 1. The summed E-state index contributed by atoms with van der Waals surface area (Å²) >= 11 is 0. The molecule has 1 aromatic rings. The van der Waals surface area contributed by atoms with Crippen molar-refractivity contribution in [2.24, 2.45) is 0 Å². The fourth-order valence-electron chi connectivity index (χ4n) is 1.45. The molecule has 6 nitrogen and oxygen atoms in total. The van der Waals surface area contributed by atoms with Gasteiger partial charge in [0.15, 0.2) is 5.78 Å². The number of carbonyl (C=O) groups excluding carboxylic acids is 2. The van der Waals surface area contributed by atoms with Crippen LogP contribution in [0.25, 0.3) is 6.08 Å². The molecule has 0 aliphatic rings. The molecule has 0 spiro atoms. The van der Waals surface area contributed by atoms with Gasteiger partial charge in [0.1, 0.15) is 0 Å². The van der Waals surface area contributed by atoms with Crippen LogP contribution in [0, 0.1) is 10.1 Å². The summed E-state index contributed by atoms with van der Waals surface area (Å²) in [6.07, 6.45) is 1.96. The van der Waals surface area contributed by atoms with Gasteiger partial charge in [-0.3, -0.25) is 9.59 Å². The van der Waals surface area contributed by atoms with Gasteiger partial charge in [-0.2, -0.15) is 0 Å². The largest absolute Gasteiger partial charge is 0.337 e. The Morgan fingerprint density at radius 3 is 2.47 bits per heavy atom. The highest BCUT2D eigenvalue weighted by atomic mass is 17.0. The molecule has 0 unspecified atom stereocenters. The monoisotopic (exact) mass is 263 g/mol. The number of nitrogens with zero attached hydrogens (tertiary/aromatic N) is 1. The number of benzene rings is 1. The van der Waals surface area contributed by atoms with E-state index in [1.165, 1.54) is 6.08 Å². The second kappa shape index (κ2) is 7.05. The number of hydrogen-bond donors (Lipinski definition) is 0.